The van der Waals surface area contributed by atoms with E-state index in [-0.39, 0.29) is 0 Å². The average molecular weight is 220 g/mol. The van der Waals surface area contributed by atoms with Gasteiger partial charge >= 0.3 is 0 Å². The topological polar surface area (TPSA) is 45.1 Å². The first-order chi connectivity index (χ1) is 7.79. The standard InChI is InChI=1S/C13H20N2O/c1-10-8-12(6-7-14-10)15-13-5-3-2-4-11(13)9-16/h6-8,11,13,16H,2-5,9H2,1H3,(H,14,15). The van der Waals surface area contributed by atoms with Crippen LogP contribution >= 0.6 is 0 Å². The number of aliphatic hydroxyl groups is 1. The van der Waals surface area contributed by atoms with Crippen LogP contribution in [-0.4, -0.2) is 22.7 Å². The molecule has 3 heteroatoms. The number of aryl methyl sites for hydroxylation is 1. The zero-order valence-corrected chi connectivity index (χ0v) is 9.82. The molecule has 0 saturated heterocycles. The van der Waals surface area contributed by atoms with E-state index >= 15 is 0 Å². The predicted octanol–water partition coefficient (Wildman–Crippen LogP) is 2.35. The SMILES string of the molecule is Cc1cc(NC2CCCCC2CO)ccn1. The van der Waals surface area contributed by atoms with Crippen molar-refractivity contribution in [1.29, 1.82) is 0 Å². The number of pyridine rings is 1. The summed E-state index contributed by atoms with van der Waals surface area (Å²) in [6.45, 7) is 2.29. The molecule has 0 radical (unpaired) electrons. The van der Waals surface area contributed by atoms with E-state index in [0.717, 1.165) is 24.2 Å². The number of anilines is 1. The van der Waals surface area contributed by atoms with E-state index in [0.29, 0.717) is 18.6 Å². The van der Waals surface area contributed by atoms with Crippen LogP contribution in [0.2, 0.25) is 0 Å². The highest BCUT2D eigenvalue weighted by Gasteiger charge is 2.24. The van der Waals surface area contributed by atoms with E-state index in [1.165, 1.54) is 12.8 Å². The molecule has 1 aliphatic carbocycles. The van der Waals surface area contributed by atoms with Crippen molar-refractivity contribution in [3.63, 3.8) is 0 Å². The fraction of sp³-hybridized carbons (Fsp3) is 0.615. The third kappa shape index (κ3) is 2.73. The molecule has 1 heterocycles. The van der Waals surface area contributed by atoms with E-state index in [9.17, 15) is 5.11 Å². The maximum absolute atomic E-state index is 9.34. The van der Waals surface area contributed by atoms with Crippen molar-refractivity contribution in [2.45, 2.75) is 38.6 Å². The fourth-order valence-electron chi connectivity index (χ4n) is 2.47. The van der Waals surface area contributed by atoms with Gasteiger partial charge in [-0.05, 0) is 31.9 Å². The molecule has 1 saturated carbocycles. The number of nitrogens with zero attached hydrogens (tertiary/aromatic N) is 1. The third-order valence-corrected chi connectivity index (χ3v) is 3.39. The minimum atomic E-state index is 0.293. The molecule has 1 fully saturated rings. The first kappa shape index (κ1) is 11.4. The second-order valence-corrected chi connectivity index (χ2v) is 4.66. The van der Waals surface area contributed by atoms with Gasteiger partial charge in [0.1, 0.15) is 0 Å². The van der Waals surface area contributed by atoms with Crippen molar-refractivity contribution < 1.29 is 5.11 Å². The molecule has 88 valence electrons. The summed E-state index contributed by atoms with van der Waals surface area (Å²) in [5, 5.41) is 12.9. The van der Waals surface area contributed by atoms with Crippen molar-refractivity contribution in [1.82, 2.24) is 4.98 Å². The van der Waals surface area contributed by atoms with Crippen LogP contribution in [0.3, 0.4) is 0 Å². The molecule has 2 rings (SSSR count). The minimum absolute atomic E-state index is 0.293. The Bertz CT molecular complexity index is 340. The van der Waals surface area contributed by atoms with E-state index in [2.05, 4.69) is 16.4 Å². The highest BCUT2D eigenvalue weighted by Crippen LogP contribution is 2.26. The van der Waals surface area contributed by atoms with Crippen molar-refractivity contribution in [3.05, 3.63) is 24.0 Å². The Balaban J connectivity index is 2.02. The van der Waals surface area contributed by atoms with Crippen LogP contribution in [0.1, 0.15) is 31.4 Å². The molecule has 0 amide bonds. The lowest BCUT2D eigenvalue weighted by molar-refractivity contribution is 0.178. The molecule has 0 aromatic carbocycles. The zero-order chi connectivity index (χ0) is 11.4. The quantitative estimate of drug-likeness (QED) is 0.822. The van der Waals surface area contributed by atoms with E-state index in [1.807, 2.05) is 19.2 Å². The highest BCUT2D eigenvalue weighted by molar-refractivity contribution is 5.44. The minimum Gasteiger partial charge on any atom is -0.396 e. The number of rotatable bonds is 3. The lowest BCUT2D eigenvalue weighted by Gasteiger charge is -2.31. The molecule has 1 aromatic rings. The molecule has 16 heavy (non-hydrogen) atoms. The fourth-order valence-corrected chi connectivity index (χ4v) is 2.47. The Morgan fingerprint density at radius 3 is 3.00 bits per heavy atom. The van der Waals surface area contributed by atoms with Crippen molar-refractivity contribution >= 4 is 5.69 Å². The Morgan fingerprint density at radius 1 is 1.44 bits per heavy atom. The van der Waals surface area contributed by atoms with Gasteiger partial charge in [0.25, 0.3) is 0 Å². The van der Waals surface area contributed by atoms with Crippen molar-refractivity contribution in [3.8, 4) is 0 Å². The number of hydrogen-bond donors (Lipinski definition) is 2. The molecule has 2 unspecified atom stereocenters. The van der Waals surface area contributed by atoms with Crippen LogP contribution in [0.5, 0.6) is 0 Å². The highest BCUT2D eigenvalue weighted by atomic mass is 16.3. The van der Waals surface area contributed by atoms with Crippen LogP contribution in [-0.2, 0) is 0 Å². The molecule has 0 bridgehead atoms. The Hall–Kier alpha value is -1.09. The Labute approximate surface area is 96.9 Å². The summed E-state index contributed by atoms with van der Waals surface area (Å²) >= 11 is 0. The Morgan fingerprint density at radius 2 is 2.25 bits per heavy atom. The molecule has 2 atom stereocenters. The van der Waals surface area contributed by atoms with Crippen LogP contribution in [0.25, 0.3) is 0 Å². The van der Waals surface area contributed by atoms with Crippen molar-refractivity contribution in [2.24, 2.45) is 5.92 Å². The summed E-state index contributed by atoms with van der Waals surface area (Å²) in [6.07, 6.45) is 6.64. The normalized spacial score (nSPS) is 25.4. The van der Waals surface area contributed by atoms with Gasteiger partial charge in [-0.15, -0.1) is 0 Å². The largest absolute Gasteiger partial charge is 0.396 e. The van der Waals surface area contributed by atoms with Gasteiger partial charge in [0.2, 0.25) is 0 Å². The first-order valence-electron chi connectivity index (χ1n) is 6.09. The average Bonchev–Trinajstić information content (AvgIpc) is 2.30. The second-order valence-electron chi connectivity index (χ2n) is 4.66. The molecule has 1 aromatic heterocycles. The molecule has 2 N–H and O–H groups in total. The molecular formula is C13H20N2O. The maximum atomic E-state index is 9.34. The lowest BCUT2D eigenvalue weighted by atomic mass is 9.85. The Kier molecular flexibility index (Phi) is 3.78. The van der Waals surface area contributed by atoms with Crippen LogP contribution in [0, 0.1) is 12.8 Å². The monoisotopic (exact) mass is 220 g/mol. The molecule has 3 nitrogen and oxygen atoms in total. The van der Waals surface area contributed by atoms with Gasteiger partial charge in [-0.3, -0.25) is 4.98 Å². The van der Waals surface area contributed by atoms with Crippen LogP contribution in [0.15, 0.2) is 18.3 Å². The van der Waals surface area contributed by atoms with Gasteiger partial charge in [-0.2, -0.15) is 0 Å². The first-order valence-corrected chi connectivity index (χ1v) is 6.09. The van der Waals surface area contributed by atoms with Gasteiger partial charge in [-0.25, -0.2) is 0 Å². The van der Waals surface area contributed by atoms with Crippen LogP contribution < -0.4 is 5.32 Å². The molecule has 0 spiro atoms. The zero-order valence-electron chi connectivity index (χ0n) is 9.82. The van der Waals surface area contributed by atoms with E-state index in [4.69, 9.17) is 0 Å². The summed E-state index contributed by atoms with van der Waals surface area (Å²) < 4.78 is 0. The summed E-state index contributed by atoms with van der Waals surface area (Å²) in [5.41, 5.74) is 2.15. The van der Waals surface area contributed by atoms with Gasteiger partial charge in [0, 0.05) is 36.1 Å². The summed E-state index contributed by atoms with van der Waals surface area (Å²) in [7, 11) is 0. The summed E-state index contributed by atoms with van der Waals surface area (Å²) in [6, 6.07) is 4.47. The van der Waals surface area contributed by atoms with Gasteiger partial charge < -0.3 is 10.4 Å². The summed E-state index contributed by atoms with van der Waals surface area (Å²) in [5.74, 6) is 0.405. The molecule has 0 aliphatic heterocycles. The van der Waals surface area contributed by atoms with Gasteiger partial charge in [0.05, 0.1) is 0 Å². The molecule has 1 aliphatic rings. The van der Waals surface area contributed by atoms with Gasteiger partial charge in [0.15, 0.2) is 0 Å². The van der Waals surface area contributed by atoms with E-state index in [1.54, 1.807) is 0 Å². The lowest BCUT2D eigenvalue weighted by Crippen LogP contribution is -2.34. The number of hydrogen-bond acceptors (Lipinski definition) is 3. The van der Waals surface area contributed by atoms with E-state index < -0.39 is 0 Å². The van der Waals surface area contributed by atoms with Gasteiger partial charge in [-0.1, -0.05) is 12.8 Å². The number of aliphatic hydroxyl groups excluding tert-OH is 1. The van der Waals surface area contributed by atoms with Crippen LogP contribution in [0.4, 0.5) is 5.69 Å². The second kappa shape index (κ2) is 5.30. The summed E-state index contributed by atoms with van der Waals surface area (Å²) in [4.78, 5) is 4.18. The molecular weight excluding hydrogens is 200 g/mol. The predicted molar refractivity (Wildman–Crippen MR) is 65.4 cm³/mol. The third-order valence-electron chi connectivity index (χ3n) is 3.39. The maximum Gasteiger partial charge on any atom is 0.0478 e. The number of nitrogens with one attached hydrogen (secondary N) is 1. The van der Waals surface area contributed by atoms with Crippen molar-refractivity contribution in [2.75, 3.05) is 11.9 Å². The smallest absolute Gasteiger partial charge is 0.0478 e. The number of aromatic nitrogens is 1.